The molecule has 1 aliphatic heterocycles. The number of rotatable bonds is 3. The maximum atomic E-state index is 5.44. The van der Waals surface area contributed by atoms with E-state index in [1.54, 1.807) is 7.11 Å². The number of aromatic nitrogens is 2. The maximum Gasteiger partial charge on any atom is 0.258 e. The smallest absolute Gasteiger partial charge is 0.258 e. The van der Waals surface area contributed by atoms with Gasteiger partial charge in [0.25, 0.3) is 5.89 Å². The van der Waals surface area contributed by atoms with E-state index in [0.29, 0.717) is 18.3 Å². The molecule has 1 aromatic heterocycles. The molecule has 0 unspecified atom stereocenters. The predicted octanol–water partition coefficient (Wildman–Crippen LogP) is 2.69. The van der Waals surface area contributed by atoms with Gasteiger partial charge in [0.15, 0.2) is 0 Å². The molecule has 0 radical (unpaired) electrons. The summed E-state index contributed by atoms with van der Waals surface area (Å²) >= 11 is 0. The van der Waals surface area contributed by atoms with Crippen LogP contribution < -0.4 is 0 Å². The summed E-state index contributed by atoms with van der Waals surface area (Å²) in [5.74, 6) is 1.08. The van der Waals surface area contributed by atoms with Gasteiger partial charge in [-0.05, 0) is 43.5 Å². The SMILES string of the molecule is COC(C)(C)c1noc(-c2ccc3c(c2)CCOC3)n1. The number of ether oxygens (including phenoxy) is 2. The number of methoxy groups -OCH3 is 1. The predicted molar refractivity (Wildman–Crippen MR) is 73.1 cm³/mol. The maximum absolute atomic E-state index is 5.44. The Hall–Kier alpha value is -1.72. The van der Waals surface area contributed by atoms with Crippen LogP contribution >= 0.6 is 0 Å². The normalized spacial score (nSPS) is 15.2. The Balaban J connectivity index is 1.94. The summed E-state index contributed by atoms with van der Waals surface area (Å²) in [6, 6.07) is 6.16. The van der Waals surface area contributed by atoms with Crippen molar-refractivity contribution >= 4 is 0 Å². The molecular weight excluding hydrogens is 256 g/mol. The average molecular weight is 274 g/mol. The van der Waals surface area contributed by atoms with Crippen LogP contribution in [0.1, 0.15) is 30.8 Å². The van der Waals surface area contributed by atoms with Crippen LogP contribution in [0.5, 0.6) is 0 Å². The molecule has 0 aliphatic carbocycles. The zero-order chi connectivity index (χ0) is 14.2. The van der Waals surface area contributed by atoms with Gasteiger partial charge in [-0.25, -0.2) is 0 Å². The molecule has 0 fully saturated rings. The van der Waals surface area contributed by atoms with Crippen molar-refractivity contribution in [3.8, 4) is 11.5 Å². The van der Waals surface area contributed by atoms with Gasteiger partial charge in [0.2, 0.25) is 5.82 Å². The quantitative estimate of drug-likeness (QED) is 0.861. The number of benzene rings is 1. The highest BCUT2D eigenvalue weighted by Gasteiger charge is 2.26. The average Bonchev–Trinajstić information content (AvgIpc) is 2.97. The Labute approximate surface area is 117 Å². The summed E-state index contributed by atoms with van der Waals surface area (Å²) in [7, 11) is 1.63. The second-order valence-electron chi connectivity index (χ2n) is 5.42. The fraction of sp³-hybridized carbons (Fsp3) is 0.467. The standard InChI is InChI=1S/C15H18N2O3/c1-15(2,18-3)14-16-13(20-17-14)11-4-5-12-9-19-7-6-10(12)8-11/h4-5,8H,6-7,9H2,1-3H3. The monoisotopic (exact) mass is 274 g/mol. The van der Waals surface area contributed by atoms with Gasteiger partial charge >= 0.3 is 0 Å². The Morgan fingerprint density at radius 2 is 2.10 bits per heavy atom. The fourth-order valence-electron chi connectivity index (χ4n) is 2.17. The second-order valence-corrected chi connectivity index (χ2v) is 5.42. The van der Waals surface area contributed by atoms with E-state index < -0.39 is 5.60 Å². The molecule has 0 bridgehead atoms. The summed E-state index contributed by atoms with van der Waals surface area (Å²) in [6.45, 7) is 5.27. The van der Waals surface area contributed by atoms with Crippen molar-refractivity contribution in [3.05, 3.63) is 35.2 Å². The van der Waals surface area contributed by atoms with E-state index in [1.807, 2.05) is 19.9 Å². The first-order chi connectivity index (χ1) is 9.60. The first-order valence-electron chi connectivity index (χ1n) is 6.69. The van der Waals surface area contributed by atoms with Crippen molar-refractivity contribution in [2.75, 3.05) is 13.7 Å². The van der Waals surface area contributed by atoms with Gasteiger partial charge in [-0.15, -0.1) is 0 Å². The van der Waals surface area contributed by atoms with E-state index in [0.717, 1.165) is 18.6 Å². The molecule has 0 atom stereocenters. The van der Waals surface area contributed by atoms with Crippen LogP contribution in [0.15, 0.2) is 22.7 Å². The van der Waals surface area contributed by atoms with Crippen LogP contribution in [0.25, 0.3) is 11.5 Å². The number of hydrogen-bond donors (Lipinski definition) is 0. The Morgan fingerprint density at radius 1 is 1.25 bits per heavy atom. The van der Waals surface area contributed by atoms with E-state index in [2.05, 4.69) is 22.3 Å². The van der Waals surface area contributed by atoms with E-state index >= 15 is 0 Å². The number of nitrogens with zero attached hydrogens (tertiary/aromatic N) is 2. The fourth-order valence-corrected chi connectivity index (χ4v) is 2.17. The minimum Gasteiger partial charge on any atom is -0.376 e. The lowest BCUT2D eigenvalue weighted by Crippen LogP contribution is -2.21. The van der Waals surface area contributed by atoms with E-state index in [9.17, 15) is 0 Å². The van der Waals surface area contributed by atoms with Crippen molar-refractivity contribution in [2.45, 2.75) is 32.5 Å². The van der Waals surface area contributed by atoms with Gasteiger partial charge in [-0.2, -0.15) is 4.98 Å². The summed E-state index contributed by atoms with van der Waals surface area (Å²) < 4.78 is 16.2. The Bertz CT molecular complexity index is 619. The van der Waals surface area contributed by atoms with Gasteiger partial charge in [0.05, 0.1) is 13.2 Å². The van der Waals surface area contributed by atoms with Gasteiger partial charge in [-0.1, -0.05) is 11.2 Å². The van der Waals surface area contributed by atoms with Gasteiger partial charge in [-0.3, -0.25) is 0 Å². The lowest BCUT2D eigenvalue weighted by molar-refractivity contribution is 0.00973. The lowest BCUT2D eigenvalue weighted by Gasteiger charge is -2.17. The van der Waals surface area contributed by atoms with Crippen LogP contribution in [0.2, 0.25) is 0 Å². The highest BCUT2D eigenvalue weighted by Crippen LogP contribution is 2.27. The largest absolute Gasteiger partial charge is 0.376 e. The second kappa shape index (κ2) is 5.00. The molecule has 3 rings (SSSR count). The minimum absolute atomic E-state index is 0.527. The molecule has 2 aromatic rings. The molecule has 0 saturated carbocycles. The molecule has 0 N–H and O–H groups in total. The minimum atomic E-state index is -0.552. The van der Waals surface area contributed by atoms with E-state index in [4.69, 9.17) is 14.0 Å². The van der Waals surface area contributed by atoms with E-state index in [1.165, 1.54) is 11.1 Å². The molecule has 2 heterocycles. The molecule has 0 saturated heterocycles. The topological polar surface area (TPSA) is 57.4 Å². The van der Waals surface area contributed by atoms with Gasteiger partial charge < -0.3 is 14.0 Å². The van der Waals surface area contributed by atoms with Crippen molar-refractivity contribution in [2.24, 2.45) is 0 Å². The molecular formula is C15H18N2O3. The zero-order valence-corrected chi connectivity index (χ0v) is 12.0. The van der Waals surface area contributed by atoms with Gasteiger partial charge in [0, 0.05) is 12.7 Å². The van der Waals surface area contributed by atoms with Crippen LogP contribution in [0, 0.1) is 0 Å². The summed E-state index contributed by atoms with van der Waals surface area (Å²) in [4.78, 5) is 4.44. The number of fused-ring (bicyclic) bond motifs is 1. The van der Waals surface area contributed by atoms with Crippen LogP contribution in [-0.2, 0) is 28.1 Å². The Kier molecular flexibility index (Phi) is 3.31. The van der Waals surface area contributed by atoms with Crippen molar-refractivity contribution in [1.82, 2.24) is 10.1 Å². The lowest BCUT2D eigenvalue weighted by atomic mass is 10.0. The van der Waals surface area contributed by atoms with Crippen molar-refractivity contribution < 1.29 is 14.0 Å². The molecule has 0 spiro atoms. The molecule has 0 amide bonds. The van der Waals surface area contributed by atoms with Crippen molar-refractivity contribution in [3.63, 3.8) is 0 Å². The van der Waals surface area contributed by atoms with Crippen LogP contribution in [0.4, 0.5) is 0 Å². The third-order valence-electron chi connectivity index (χ3n) is 3.70. The summed E-state index contributed by atoms with van der Waals surface area (Å²) in [5, 5.41) is 4.01. The van der Waals surface area contributed by atoms with Crippen LogP contribution in [-0.4, -0.2) is 23.9 Å². The summed E-state index contributed by atoms with van der Waals surface area (Å²) in [6.07, 6.45) is 0.924. The third kappa shape index (κ3) is 2.34. The first-order valence-corrected chi connectivity index (χ1v) is 6.69. The molecule has 20 heavy (non-hydrogen) atoms. The number of hydrogen-bond acceptors (Lipinski definition) is 5. The molecule has 5 nitrogen and oxygen atoms in total. The molecule has 1 aliphatic rings. The molecule has 5 heteroatoms. The first kappa shape index (κ1) is 13.3. The van der Waals surface area contributed by atoms with Gasteiger partial charge in [0.1, 0.15) is 5.60 Å². The molecule has 106 valence electrons. The summed E-state index contributed by atoms with van der Waals surface area (Å²) in [5.41, 5.74) is 2.91. The van der Waals surface area contributed by atoms with Crippen molar-refractivity contribution in [1.29, 1.82) is 0 Å². The van der Waals surface area contributed by atoms with E-state index in [-0.39, 0.29) is 0 Å². The van der Waals surface area contributed by atoms with Crippen LogP contribution in [0.3, 0.4) is 0 Å². The third-order valence-corrected chi connectivity index (χ3v) is 3.70. The zero-order valence-electron chi connectivity index (χ0n) is 12.0. The Morgan fingerprint density at radius 3 is 2.90 bits per heavy atom. The highest BCUT2D eigenvalue weighted by atomic mass is 16.5. The highest BCUT2D eigenvalue weighted by molar-refractivity contribution is 5.56. The molecule has 1 aromatic carbocycles.